The maximum absolute atomic E-state index is 4.02. The van der Waals surface area contributed by atoms with E-state index in [1.54, 1.807) is 19.6 Å². The highest BCUT2D eigenvalue weighted by atomic mass is 15.4. The molecule has 0 radical (unpaired) electrons. The minimum Gasteiger partial charge on any atom is -0.304 e. The van der Waals surface area contributed by atoms with Crippen LogP contribution in [0.4, 0.5) is 5.69 Å². The van der Waals surface area contributed by atoms with Crippen molar-refractivity contribution in [1.82, 2.24) is 9.38 Å². The molecule has 0 saturated carbocycles. The zero-order valence-corrected chi connectivity index (χ0v) is 7.18. The molecule has 1 N–H and O–H groups in total. The van der Waals surface area contributed by atoms with Crippen LogP contribution in [0.15, 0.2) is 41.2 Å². The maximum Gasteiger partial charge on any atom is 0.0992 e. The minimum absolute atomic E-state index is 0.894. The summed E-state index contributed by atoms with van der Waals surface area (Å²) in [5.41, 5.74) is 4.70. The van der Waals surface area contributed by atoms with Gasteiger partial charge in [-0.2, -0.15) is 5.11 Å². The van der Waals surface area contributed by atoms with Gasteiger partial charge in [0.25, 0.3) is 0 Å². The first-order chi connectivity index (χ1) is 6.42. The first kappa shape index (κ1) is 7.72. The third kappa shape index (κ3) is 1.35. The number of nitrogens with one attached hydrogen (secondary N) is 1. The molecule has 0 aromatic carbocycles. The fraction of sp³-hybridized carbons (Fsp3) is 0.125. The van der Waals surface area contributed by atoms with E-state index in [1.807, 2.05) is 22.7 Å². The molecule has 2 aromatic rings. The zero-order valence-electron chi connectivity index (χ0n) is 7.18. The second-order valence-electron chi connectivity index (χ2n) is 2.52. The second kappa shape index (κ2) is 3.22. The second-order valence-corrected chi connectivity index (χ2v) is 2.52. The molecule has 0 fully saturated rings. The van der Waals surface area contributed by atoms with Crippen molar-refractivity contribution in [3.63, 3.8) is 0 Å². The topological polar surface area (TPSA) is 54.0 Å². The molecule has 2 rings (SSSR count). The van der Waals surface area contributed by atoms with Gasteiger partial charge in [-0.3, -0.25) is 5.43 Å². The lowest BCUT2D eigenvalue weighted by molar-refractivity contribution is 1.08. The lowest BCUT2D eigenvalue weighted by Crippen LogP contribution is -1.90. The zero-order chi connectivity index (χ0) is 9.10. The average molecular weight is 175 g/mol. The molecule has 2 aromatic heterocycles. The number of nitrogens with zero attached hydrogens (tertiary/aromatic N) is 4. The Labute approximate surface area is 75.1 Å². The number of imidazole rings is 1. The Bertz CT molecular complexity index is 431. The van der Waals surface area contributed by atoms with Crippen LogP contribution in [-0.2, 0) is 0 Å². The van der Waals surface area contributed by atoms with Crippen LogP contribution in [0.5, 0.6) is 0 Å². The Balaban J connectivity index is 2.48. The van der Waals surface area contributed by atoms with E-state index in [0.717, 1.165) is 11.2 Å². The van der Waals surface area contributed by atoms with Crippen LogP contribution >= 0.6 is 0 Å². The van der Waals surface area contributed by atoms with Gasteiger partial charge in [-0.05, 0) is 12.1 Å². The Morgan fingerprint density at radius 2 is 2.46 bits per heavy atom. The van der Waals surface area contributed by atoms with Crippen LogP contribution < -0.4 is 5.43 Å². The first-order valence-electron chi connectivity index (χ1n) is 3.87. The van der Waals surface area contributed by atoms with Crippen molar-refractivity contribution in [2.24, 2.45) is 10.3 Å². The molecule has 0 saturated heterocycles. The molecular weight excluding hydrogens is 166 g/mol. The van der Waals surface area contributed by atoms with Crippen LogP contribution in [0.3, 0.4) is 0 Å². The molecule has 5 nitrogen and oxygen atoms in total. The summed E-state index contributed by atoms with van der Waals surface area (Å²) < 4.78 is 1.91. The number of hydrogen-bond donors (Lipinski definition) is 1. The molecule has 5 heteroatoms. The molecule has 0 aliphatic carbocycles. The van der Waals surface area contributed by atoms with Crippen molar-refractivity contribution in [2.75, 3.05) is 12.5 Å². The molecule has 13 heavy (non-hydrogen) atoms. The fourth-order valence-electron chi connectivity index (χ4n) is 1.15. The van der Waals surface area contributed by atoms with E-state index in [0.29, 0.717) is 0 Å². The van der Waals surface area contributed by atoms with E-state index in [9.17, 15) is 0 Å². The number of anilines is 1. The van der Waals surface area contributed by atoms with Crippen LogP contribution in [0.2, 0.25) is 0 Å². The predicted octanol–water partition coefficient (Wildman–Crippen LogP) is 1.74. The van der Waals surface area contributed by atoms with Gasteiger partial charge >= 0.3 is 0 Å². The highest BCUT2D eigenvalue weighted by molar-refractivity contribution is 5.70. The lowest BCUT2D eigenvalue weighted by atomic mass is 10.3. The van der Waals surface area contributed by atoms with E-state index < -0.39 is 0 Å². The Kier molecular flexibility index (Phi) is 1.91. The van der Waals surface area contributed by atoms with Crippen molar-refractivity contribution >= 4 is 11.2 Å². The van der Waals surface area contributed by atoms with Gasteiger partial charge in [-0.15, -0.1) is 0 Å². The Morgan fingerprint density at radius 1 is 1.54 bits per heavy atom. The quantitative estimate of drug-likeness (QED) is 0.558. The van der Waals surface area contributed by atoms with E-state index in [4.69, 9.17) is 0 Å². The normalized spacial score (nSPS) is 11.2. The highest BCUT2D eigenvalue weighted by Gasteiger charge is 1.98. The summed E-state index contributed by atoms with van der Waals surface area (Å²) in [6, 6.07) is 3.84. The molecule has 0 spiro atoms. The summed E-state index contributed by atoms with van der Waals surface area (Å²) in [4.78, 5) is 4.02. The first-order valence-corrected chi connectivity index (χ1v) is 3.87. The van der Waals surface area contributed by atoms with E-state index >= 15 is 0 Å². The van der Waals surface area contributed by atoms with E-state index in [2.05, 4.69) is 20.7 Å². The number of aromatic nitrogens is 2. The van der Waals surface area contributed by atoms with Gasteiger partial charge in [0.15, 0.2) is 0 Å². The fourth-order valence-corrected chi connectivity index (χ4v) is 1.15. The maximum atomic E-state index is 4.02. The number of hydrogen-bond acceptors (Lipinski definition) is 3. The van der Waals surface area contributed by atoms with Crippen LogP contribution in [0.1, 0.15) is 0 Å². The van der Waals surface area contributed by atoms with Crippen LogP contribution in [-0.4, -0.2) is 16.4 Å². The summed E-state index contributed by atoms with van der Waals surface area (Å²) in [6.45, 7) is 0. The molecule has 0 aliphatic heterocycles. The number of pyridine rings is 1. The standard InChI is InChI=1S/C8H9N5/c1-9-12-11-7-3-2-4-13-6-10-5-8(7)13/h2-6H,1H3,(H,9,11). The van der Waals surface area contributed by atoms with Gasteiger partial charge < -0.3 is 4.40 Å². The Morgan fingerprint density at radius 3 is 3.31 bits per heavy atom. The Hall–Kier alpha value is -1.91. The van der Waals surface area contributed by atoms with Gasteiger partial charge in [0.05, 0.1) is 30.8 Å². The lowest BCUT2D eigenvalue weighted by Gasteiger charge is -2.00. The van der Waals surface area contributed by atoms with Crippen molar-refractivity contribution in [1.29, 1.82) is 0 Å². The third-order valence-electron chi connectivity index (χ3n) is 1.72. The van der Waals surface area contributed by atoms with Crippen molar-refractivity contribution in [3.05, 3.63) is 30.9 Å². The average Bonchev–Trinajstić information content (AvgIpc) is 2.62. The van der Waals surface area contributed by atoms with Gasteiger partial charge in [-0.1, -0.05) is 5.22 Å². The summed E-state index contributed by atoms with van der Waals surface area (Å²) in [6.07, 6.45) is 5.44. The summed E-state index contributed by atoms with van der Waals surface area (Å²) in [5.74, 6) is 0. The van der Waals surface area contributed by atoms with Crippen molar-refractivity contribution < 1.29 is 0 Å². The third-order valence-corrected chi connectivity index (χ3v) is 1.72. The molecule has 0 unspecified atom stereocenters. The molecule has 0 bridgehead atoms. The highest BCUT2D eigenvalue weighted by Crippen LogP contribution is 2.15. The molecule has 0 amide bonds. The van der Waals surface area contributed by atoms with Gasteiger partial charge in [0.1, 0.15) is 0 Å². The van der Waals surface area contributed by atoms with Gasteiger partial charge in [0, 0.05) is 6.20 Å². The SMILES string of the molecule is CN=NNc1cccn2cncc12. The summed E-state index contributed by atoms with van der Waals surface area (Å²) in [5, 5.41) is 7.31. The largest absolute Gasteiger partial charge is 0.304 e. The van der Waals surface area contributed by atoms with Gasteiger partial charge in [0.2, 0.25) is 0 Å². The molecular formula is C8H9N5. The predicted molar refractivity (Wildman–Crippen MR) is 49.6 cm³/mol. The van der Waals surface area contributed by atoms with Crippen LogP contribution in [0, 0.1) is 0 Å². The van der Waals surface area contributed by atoms with Gasteiger partial charge in [-0.25, -0.2) is 4.98 Å². The summed E-state index contributed by atoms with van der Waals surface area (Å²) >= 11 is 0. The molecule has 2 heterocycles. The minimum atomic E-state index is 0.894. The molecule has 0 aliphatic rings. The van der Waals surface area contributed by atoms with Crippen LogP contribution in [0.25, 0.3) is 5.52 Å². The van der Waals surface area contributed by atoms with Crippen molar-refractivity contribution in [2.45, 2.75) is 0 Å². The smallest absolute Gasteiger partial charge is 0.0992 e. The molecule has 0 atom stereocenters. The van der Waals surface area contributed by atoms with E-state index in [-0.39, 0.29) is 0 Å². The summed E-state index contributed by atoms with van der Waals surface area (Å²) in [7, 11) is 1.61. The monoisotopic (exact) mass is 175 g/mol. The van der Waals surface area contributed by atoms with Crippen molar-refractivity contribution in [3.8, 4) is 0 Å². The number of fused-ring (bicyclic) bond motifs is 1. The number of rotatable bonds is 2. The molecule has 66 valence electrons. The van der Waals surface area contributed by atoms with E-state index in [1.165, 1.54) is 0 Å².